The Morgan fingerprint density at radius 1 is 0.806 bits per heavy atom. The van der Waals surface area contributed by atoms with E-state index in [1.54, 1.807) is 0 Å². The number of hydrogen-bond donors (Lipinski definition) is 1. The summed E-state index contributed by atoms with van der Waals surface area (Å²) in [6.07, 6.45) is 3.98. The maximum atomic E-state index is 5.94. The molecule has 2 atom stereocenters. The van der Waals surface area contributed by atoms with Gasteiger partial charge in [0.05, 0.1) is 11.7 Å². The highest BCUT2D eigenvalue weighted by atomic mass is 32.1. The highest BCUT2D eigenvalue weighted by molar-refractivity contribution is 7.80. The van der Waals surface area contributed by atoms with Crippen LogP contribution < -0.4 is 10.2 Å². The van der Waals surface area contributed by atoms with Gasteiger partial charge in [-0.05, 0) is 83.0 Å². The number of fused-ring (bicyclic) bond motifs is 1. The van der Waals surface area contributed by atoms with E-state index in [4.69, 9.17) is 17.2 Å². The zero-order valence-corrected chi connectivity index (χ0v) is 21.2. The maximum absolute atomic E-state index is 5.94. The minimum atomic E-state index is -0.0856. The van der Waals surface area contributed by atoms with E-state index in [1.165, 1.54) is 16.3 Å². The smallest absolute Gasteiger partial charge is 0.174 e. The van der Waals surface area contributed by atoms with Gasteiger partial charge in [0.15, 0.2) is 5.11 Å². The molecule has 6 rings (SSSR count). The van der Waals surface area contributed by atoms with Crippen LogP contribution in [-0.4, -0.2) is 14.7 Å². The summed E-state index contributed by atoms with van der Waals surface area (Å²) in [5.41, 5.74) is 5.64. The van der Waals surface area contributed by atoms with Crippen molar-refractivity contribution in [2.45, 2.75) is 31.8 Å². The molecular formula is C31H28N4S. The number of pyridine rings is 1. The molecule has 3 heterocycles. The Morgan fingerprint density at radius 3 is 2.31 bits per heavy atom. The van der Waals surface area contributed by atoms with Gasteiger partial charge in [-0.1, -0.05) is 62.4 Å². The van der Waals surface area contributed by atoms with Crippen molar-refractivity contribution in [3.8, 4) is 5.69 Å². The van der Waals surface area contributed by atoms with Crippen molar-refractivity contribution < 1.29 is 0 Å². The average molecular weight is 489 g/mol. The highest BCUT2D eigenvalue weighted by Crippen LogP contribution is 2.42. The van der Waals surface area contributed by atoms with Gasteiger partial charge in [0.2, 0.25) is 0 Å². The van der Waals surface area contributed by atoms with Gasteiger partial charge in [-0.3, -0.25) is 4.98 Å². The molecule has 0 unspecified atom stereocenters. The molecule has 2 aromatic heterocycles. The lowest BCUT2D eigenvalue weighted by Gasteiger charge is -2.29. The van der Waals surface area contributed by atoms with Crippen molar-refractivity contribution in [3.63, 3.8) is 0 Å². The van der Waals surface area contributed by atoms with Gasteiger partial charge >= 0.3 is 0 Å². The number of benzene rings is 3. The molecule has 0 amide bonds. The molecule has 1 N–H and O–H groups in total. The van der Waals surface area contributed by atoms with Crippen LogP contribution in [0.25, 0.3) is 16.5 Å². The monoisotopic (exact) mass is 488 g/mol. The van der Waals surface area contributed by atoms with Crippen LogP contribution in [0.15, 0.2) is 109 Å². The molecule has 36 heavy (non-hydrogen) atoms. The number of nitrogens with one attached hydrogen (secondary N) is 1. The maximum Gasteiger partial charge on any atom is 0.174 e. The number of rotatable bonds is 5. The largest absolute Gasteiger partial charge is 0.351 e. The van der Waals surface area contributed by atoms with Gasteiger partial charge in [-0.2, -0.15) is 0 Å². The second kappa shape index (κ2) is 9.25. The van der Waals surface area contributed by atoms with Crippen LogP contribution >= 0.6 is 12.2 Å². The molecular weight excluding hydrogens is 460 g/mol. The Kier molecular flexibility index (Phi) is 5.78. The summed E-state index contributed by atoms with van der Waals surface area (Å²) in [5, 5.41) is 6.74. The van der Waals surface area contributed by atoms with Crippen molar-refractivity contribution in [1.29, 1.82) is 0 Å². The van der Waals surface area contributed by atoms with Crippen molar-refractivity contribution in [2.24, 2.45) is 0 Å². The quantitative estimate of drug-likeness (QED) is 0.263. The molecule has 1 aliphatic rings. The first-order chi connectivity index (χ1) is 17.6. The molecule has 0 spiro atoms. The number of anilines is 1. The third-order valence-electron chi connectivity index (χ3n) is 7.03. The van der Waals surface area contributed by atoms with E-state index in [2.05, 4.69) is 120 Å². The zero-order chi connectivity index (χ0) is 24.6. The standard InChI is InChI=1S/C31H28N4S/c1-21(2)22-12-15-25(16-13-22)35-30(29(33-31(35)36)27-10-5-6-18-32-27)28-11-7-19-34(28)26-17-14-23-8-3-4-9-24(23)20-26/h3-21,29-30H,1-2H3,(H,33,36)/t29-,30-/m0/s1. The van der Waals surface area contributed by atoms with Crippen molar-refractivity contribution in [3.05, 3.63) is 126 Å². The first kappa shape index (κ1) is 22.5. The minimum absolute atomic E-state index is 0.0706. The van der Waals surface area contributed by atoms with E-state index < -0.39 is 0 Å². The van der Waals surface area contributed by atoms with Gasteiger partial charge in [0, 0.05) is 29.5 Å². The van der Waals surface area contributed by atoms with Crippen LogP contribution in [0.1, 0.15) is 48.8 Å². The number of nitrogens with zero attached hydrogens (tertiary/aromatic N) is 3. The Bertz CT molecular complexity index is 1520. The first-order valence-electron chi connectivity index (χ1n) is 12.4. The summed E-state index contributed by atoms with van der Waals surface area (Å²) in [4.78, 5) is 6.95. The fourth-order valence-electron chi connectivity index (χ4n) is 5.15. The molecule has 0 saturated carbocycles. The molecule has 178 valence electrons. The van der Waals surface area contributed by atoms with E-state index in [1.807, 2.05) is 18.3 Å². The molecule has 1 fully saturated rings. The molecule has 5 heteroatoms. The topological polar surface area (TPSA) is 33.1 Å². The van der Waals surface area contributed by atoms with Crippen molar-refractivity contribution in [2.75, 3.05) is 4.90 Å². The third-order valence-corrected chi connectivity index (χ3v) is 7.35. The molecule has 4 nitrogen and oxygen atoms in total. The SMILES string of the molecule is CC(C)c1ccc(N2C(=S)N[C@@H](c3ccccn3)[C@@H]2c2cccn2-c2ccc3ccccc3c2)cc1. The van der Waals surface area contributed by atoms with Crippen LogP contribution in [0.2, 0.25) is 0 Å². The normalized spacial score (nSPS) is 17.6. The van der Waals surface area contributed by atoms with E-state index in [0.717, 1.165) is 22.8 Å². The molecule has 0 aliphatic carbocycles. The second-order valence-electron chi connectivity index (χ2n) is 9.58. The van der Waals surface area contributed by atoms with Crippen LogP contribution in [0.5, 0.6) is 0 Å². The Hall–Kier alpha value is -3.96. The molecule has 0 radical (unpaired) electrons. The Labute approximate surface area is 217 Å². The van der Waals surface area contributed by atoms with Crippen molar-refractivity contribution >= 4 is 33.8 Å². The predicted molar refractivity (Wildman–Crippen MR) is 152 cm³/mol. The fraction of sp³-hybridized carbons (Fsp3) is 0.161. The summed E-state index contributed by atoms with van der Waals surface area (Å²) in [6.45, 7) is 4.43. The third kappa shape index (κ3) is 3.95. The Balaban J connectivity index is 1.49. The Morgan fingerprint density at radius 2 is 1.56 bits per heavy atom. The summed E-state index contributed by atoms with van der Waals surface area (Å²) in [5.74, 6) is 0.477. The lowest BCUT2D eigenvalue weighted by molar-refractivity contribution is 0.549. The summed E-state index contributed by atoms with van der Waals surface area (Å²) >= 11 is 5.94. The molecule has 5 aromatic rings. The van der Waals surface area contributed by atoms with Crippen molar-refractivity contribution in [1.82, 2.24) is 14.9 Å². The lowest BCUT2D eigenvalue weighted by atomic mass is 9.99. The van der Waals surface area contributed by atoms with Gasteiger partial charge in [0.1, 0.15) is 6.04 Å². The van der Waals surface area contributed by atoms with Crippen LogP contribution in [0, 0.1) is 0 Å². The van der Waals surface area contributed by atoms with Crippen LogP contribution in [-0.2, 0) is 0 Å². The average Bonchev–Trinajstić information content (AvgIpc) is 3.53. The predicted octanol–water partition coefficient (Wildman–Crippen LogP) is 7.33. The summed E-state index contributed by atoms with van der Waals surface area (Å²) < 4.78 is 2.28. The molecule has 1 aliphatic heterocycles. The van der Waals surface area contributed by atoms with E-state index in [9.17, 15) is 0 Å². The van der Waals surface area contributed by atoms with Gasteiger partial charge in [-0.25, -0.2) is 0 Å². The number of hydrogen-bond acceptors (Lipinski definition) is 2. The van der Waals surface area contributed by atoms with Gasteiger partial charge in [-0.15, -0.1) is 0 Å². The second-order valence-corrected chi connectivity index (χ2v) is 9.96. The first-order valence-corrected chi connectivity index (χ1v) is 12.8. The fourth-order valence-corrected chi connectivity index (χ4v) is 5.50. The van der Waals surface area contributed by atoms with Gasteiger partial charge < -0.3 is 14.8 Å². The molecule has 3 aromatic carbocycles. The number of thiocarbonyl (C=S) groups is 1. The summed E-state index contributed by atoms with van der Waals surface area (Å²) in [7, 11) is 0. The minimum Gasteiger partial charge on any atom is -0.351 e. The summed E-state index contributed by atoms with van der Waals surface area (Å²) in [6, 6.07) is 34.1. The lowest BCUT2D eigenvalue weighted by Crippen LogP contribution is -2.30. The zero-order valence-electron chi connectivity index (χ0n) is 20.4. The molecule has 1 saturated heterocycles. The highest BCUT2D eigenvalue weighted by Gasteiger charge is 2.42. The van der Waals surface area contributed by atoms with Gasteiger partial charge in [0.25, 0.3) is 0 Å². The molecule has 0 bridgehead atoms. The van der Waals surface area contributed by atoms with Crippen LogP contribution in [0.4, 0.5) is 5.69 Å². The van der Waals surface area contributed by atoms with E-state index in [0.29, 0.717) is 11.0 Å². The van der Waals surface area contributed by atoms with E-state index in [-0.39, 0.29) is 12.1 Å². The number of aromatic nitrogens is 2. The van der Waals surface area contributed by atoms with E-state index >= 15 is 0 Å². The van der Waals surface area contributed by atoms with Crippen LogP contribution in [0.3, 0.4) is 0 Å².